The van der Waals surface area contributed by atoms with Gasteiger partial charge in [-0.15, -0.1) is 0 Å². The molecule has 3 heterocycles. The van der Waals surface area contributed by atoms with Crippen LogP contribution in [0.2, 0.25) is 0 Å². The number of rotatable bonds is 4. The quantitative estimate of drug-likeness (QED) is 0.866. The standard InChI is InChI=1S/C17H25N3O/c1-13-9-16(14(2)21-13)12-20-7-4-5-15(11-20)10-17-18-6-8-19(17)3/h6,8-9,15H,4-5,7,10-12H2,1-3H3/t15-/m1/s1. The average molecular weight is 287 g/mol. The first-order valence-corrected chi connectivity index (χ1v) is 7.86. The molecule has 2 aromatic rings. The summed E-state index contributed by atoms with van der Waals surface area (Å²) in [7, 11) is 2.08. The van der Waals surface area contributed by atoms with E-state index in [0.29, 0.717) is 5.92 Å². The number of piperidine rings is 1. The van der Waals surface area contributed by atoms with Crippen LogP contribution in [0.25, 0.3) is 0 Å². The summed E-state index contributed by atoms with van der Waals surface area (Å²) in [6, 6.07) is 2.18. The summed E-state index contributed by atoms with van der Waals surface area (Å²) in [5, 5.41) is 0. The molecule has 0 amide bonds. The molecule has 1 atom stereocenters. The molecule has 0 aliphatic carbocycles. The van der Waals surface area contributed by atoms with Crippen molar-refractivity contribution in [3.63, 3.8) is 0 Å². The average Bonchev–Trinajstić information content (AvgIpc) is 2.97. The molecule has 3 rings (SSSR count). The van der Waals surface area contributed by atoms with Crippen LogP contribution in [0.1, 0.15) is 35.7 Å². The normalized spacial score (nSPS) is 20.0. The van der Waals surface area contributed by atoms with Crippen LogP contribution in [0.5, 0.6) is 0 Å². The molecular formula is C17H25N3O. The Morgan fingerprint density at radius 1 is 1.38 bits per heavy atom. The topological polar surface area (TPSA) is 34.2 Å². The van der Waals surface area contributed by atoms with Crippen molar-refractivity contribution in [2.45, 2.75) is 39.7 Å². The molecule has 0 saturated carbocycles. The highest BCUT2D eigenvalue weighted by Crippen LogP contribution is 2.23. The van der Waals surface area contributed by atoms with Gasteiger partial charge >= 0.3 is 0 Å². The Morgan fingerprint density at radius 2 is 2.24 bits per heavy atom. The number of hydrogen-bond donors (Lipinski definition) is 0. The maximum absolute atomic E-state index is 5.64. The summed E-state index contributed by atoms with van der Waals surface area (Å²) in [5.74, 6) is 4.01. The van der Waals surface area contributed by atoms with E-state index >= 15 is 0 Å². The van der Waals surface area contributed by atoms with E-state index in [1.54, 1.807) is 0 Å². The van der Waals surface area contributed by atoms with Gasteiger partial charge in [-0.25, -0.2) is 4.98 Å². The monoisotopic (exact) mass is 287 g/mol. The van der Waals surface area contributed by atoms with Gasteiger partial charge in [0.2, 0.25) is 0 Å². The third kappa shape index (κ3) is 3.38. The largest absolute Gasteiger partial charge is 0.466 e. The van der Waals surface area contributed by atoms with Gasteiger partial charge in [-0.05, 0) is 45.2 Å². The van der Waals surface area contributed by atoms with Crippen molar-refractivity contribution < 1.29 is 4.42 Å². The van der Waals surface area contributed by atoms with Crippen molar-refractivity contribution in [3.05, 3.63) is 41.4 Å². The molecule has 1 saturated heterocycles. The number of imidazole rings is 1. The van der Waals surface area contributed by atoms with E-state index in [0.717, 1.165) is 31.0 Å². The summed E-state index contributed by atoms with van der Waals surface area (Å²) in [6.45, 7) is 7.46. The van der Waals surface area contributed by atoms with E-state index < -0.39 is 0 Å². The highest BCUT2D eigenvalue weighted by atomic mass is 16.3. The number of nitrogens with zero attached hydrogens (tertiary/aromatic N) is 3. The third-order valence-electron chi connectivity index (χ3n) is 4.53. The second-order valence-electron chi connectivity index (χ2n) is 6.34. The molecule has 1 aliphatic rings. The van der Waals surface area contributed by atoms with Crippen LogP contribution in [0.3, 0.4) is 0 Å². The van der Waals surface area contributed by atoms with Gasteiger partial charge < -0.3 is 8.98 Å². The van der Waals surface area contributed by atoms with E-state index in [2.05, 4.69) is 34.5 Å². The molecule has 0 aromatic carbocycles. The van der Waals surface area contributed by atoms with Crippen LogP contribution in [0.4, 0.5) is 0 Å². The third-order valence-corrected chi connectivity index (χ3v) is 4.53. The minimum absolute atomic E-state index is 0.716. The lowest BCUT2D eigenvalue weighted by Crippen LogP contribution is -2.36. The molecule has 0 unspecified atom stereocenters. The minimum atomic E-state index is 0.716. The van der Waals surface area contributed by atoms with Crippen LogP contribution in [0, 0.1) is 19.8 Å². The van der Waals surface area contributed by atoms with Gasteiger partial charge in [0.1, 0.15) is 17.3 Å². The van der Waals surface area contributed by atoms with E-state index in [1.807, 2.05) is 19.3 Å². The van der Waals surface area contributed by atoms with Crippen LogP contribution in [0.15, 0.2) is 22.9 Å². The Morgan fingerprint density at radius 3 is 2.90 bits per heavy atom. The zero-order chi connectivity index (χ0) is 14.8. The lowest BCUT2D eigenvalue weighted by molar-refractivity contribution is 0.164. The fraction of sp³-hybridized carbons (Fsp3) is 0.588. The molecule has 1 aliphatic heterocycles. The maximum Gasteiger partial charge on any atom is 0.108 e. The molecule has 0 spiro atoms. The molecule has 4 nitrogen and oxygen atoms in total. The molecule has 21 heavy (non-hydrogen) atoms. The van der Waals surface area contributed by atoms with Gasteiger partial charge in [0.15, 0.2) is 0 Å². The molecule has 0 radical (unpaired) electrons. The lowest BCUT2D eigenvalue weighted by Gasteiger charge is -2.32. The zero-order valence-electron chi connectivity index (χ0n) is 13.3. The molecule has 2 aromatic heterocycles. The van der Waals surface area contributed by atoms with Crippen LogP contribution >= 0.6 is 0 Å². The molecule has 1 fully saturated rings. The first kappa shape index (κ1) is 14.4. The Hall–Kier alpha value is -1.55. The van der Waals surface area contributed by atoms with Gasteiger partial charge in [-0.1, -0.05) is 0 Å². The summed E-state index contributed by atoms with van der Waals surface area (Å²) in [6.07, 6.45) is 7.61. The Kier molecular flexibility index (Phi) is 4.15. The van der Waals surface area contributed by atoms with Crippen molar-refractivity contribution in [1.82, 2.24) is 14.5 Å². The van der Waals surface area contributed by atoms with Crippen LogP contribution in [-0.4, -0.2) is 27.5 Å². The molecule has 0 bridgehead atoms. The van der Waals surface area contributed by atoms with Crippen molar-refractivity contribution in [2.24, 2.45) is 13.0 Å². The maximum atomic E-state index is 5.64. The highest BCUT2D eigenvalue weighted by Gasteiger charge is 2.22. The minimum Gasteiger partial charge on any atom is -0.466 e. The van der Waals surface area contributed by atoms with Gasteiger partial charge in [-0.2, -0.15) is 0 Å². The van der Waals surface area contributed by atoms with Gasteiger partial charge in [-0.3, -0.25) is 4.90 Å². The molecule has 0 N–H and O–H groups in total. The predicted octanol–water partition coefficient (Wildman–Crippen LogP) is 3.08. The fourth-order valence-corrected chi connectivity index (χ4v) is 3.39. The summed E-state index contributed by atoms with van der Waals surface area (Å²) >= 11 is 0. The first-order chi connectivity index (χ1) is 10.1. The molecule has 4 heteroatoms. The van der Waals surface area contributed by atoms with E-state index in [1.165, 1.54) is 30.8 Å². The number of aromatic nitrogens is 2. The van der Waals surface area contributed by atoms with Gasteiger partial charge in [0, 0.05) is 44.5 Å². The Labute approximate surface area is 126 Å². The summed E-state index contributed by atoms with van der Waals surface area (Å²) in [5.41, 5.74) is 1.34. The first-order valence-electron chi connectivity index (χ1n) is 7.86. The molecule has 114 valence electrons. The van der Waals surface area contributed by atoms with E-state index in [-0.39, 0.29) is 0 Å². The number of likely N-dealkylation sites (tertiary alicyclic amines) is 1. The SMILES string of the molecule is Cc1cc(CN2CCC[C@H](Cc3nccn3C)C2)c(C)o1. The van der Waals surface area contributed by atoms with Crippen molar-refractivity contribution in [3.8, 4) is 0 Å². The van der Waals surface area contributed by atoms with Crippen LogP contribution < -0.4 is 0 Å². The van der Waals surface area contributed by atoms with Crippen molar-refractivity contribution in [1.29, 1.82) is 0 Å². The highest BCUT2D eigenvalue weighted by molar-refractivity contribution is 5.20. The van der Waals surface area contributed by atoms with Crippen molar-refractivity contribution >= 4 is 0 Å². The molecular weight excluding hydrogens is 262 g/mol. The van der Waals surface area contributed by atoms with Gasteiger partial charge in [0.05, 0.1) is 0 Å². The second-order valence-corrected chi connectivity index (χ2v) is 6.34. The summed E-state index contributed by atoms with van der Waals surface area (Å²) < 4.78 is 7.79. The number of aryl methyl sites for hydroxylation is 3. The van der Waals surface area contributed by atoms with E-state index in [4.69, 9.17) is 4.42 Å². The fourth-order valence-electron chi connectivity index (χ4n) is 3.39. The lowest BCUT2D eigenvalue weighted by atomic mass is 9.94. The predicted molar refractivity (Wildman–Crippen MR) is 83.1 cm³/mol. The number of hydrogen-bond acceptors (Lipinski definition) is 3. The van der Waals surface area contributed by atoms with Crippen molar-refractivity contribution in [2.75, 3.05) is 13.1 Å². The smallest absolute Gasteiger partial charge is 0.108 e. The van der Waals surface area contributed by atoms with Crippen LogP contribution in [-0.2, 0) is 20.0 Å². The second kappa shape index (κ2) is 6.06. The van der Waals surface area contributed by atoms with E-state index in [9.17, 15) is 0 Å². The summed E-state index contributed by atoms with van der Waals surface area (Å²) in [4.78, 5) is 7.03. The zero-order valence-corrected chi connectivity index (χ0v) is 13.3. The number of furan rings is 1. The van der Waals surface area contributed by atoms with Gasteiger partial charge in [0.25, 0.3) is 0 Å². The Bertz CT molecular complexity index is 599. The Balaban J connectivity index is 1.60.